The molecule has 9 heteroatoms. The molecule has 0 aliphatic heterocycles. The molecular formula is C15H12N4O5. The van der Waals surface area contributed by atoms with E-state index >= 15 is 0 Å². The van der Waals surface area contributed by atoms with Gasteiger partial charge < -0.3 is 15.0 Å². The third kappa shape index (κ3) is 3.75. The second-order valence-electron chi connectivity index (χ2n) is 4.72. The summed E-state index contributed by atoms with van der Waals surface area (Å²) in [6, 6.07) is 9.13. The van der Waals surface area contributed by atoms with Crippen molar-refractivity contribution in [3.8, 4) is 11.8 Å². The fraction of sp³-hybridized carbons (Fsp3) is 0.133. The number of carbonyl (C=O) groups is 1. The Balaban J connectivity index is 2.16. The highest BCUT2D eigenvalue weighted by atomic mass is 16.6. The first kappa shape index (κ1) is 16.7. The molecule has 2 N–H and O–H groups in total. The average molecular weight is 328 g/mol. The Kier molecular flexibility index (Phi) is 4.91. The van der Waals surface area contributed by atoms with Gasteiger partial charge in [-0.1, -0.05) is 0 Å². The number of nitrogens with two attached hydrogens (primary N) is 1. The van der Waals surface area contributed by atoms with Crippen LogP contribution >= 0.6 is 0 Å². The minimum atomic E-state index is -1.04. The Hall–Kier alpha value is -3.67. The fourth-order valence-electron chi connectivity index (χ4n) is 1.95. The van der Waals surface area contributed by atoms with Gasteiger partial charge in [0.2, 0.25) is 0 Å². The molecule has 0 aliphatic rings. The first-order valence-electron chi connectivity index (χ1n) is 6.74. The highest BCUT2D eigenvalue weighted by molar-refractivity contribution is 5.92. The van der Waals surface area contributed by atoms with Crippen LogP contribution in [0.2, 0.25) is 0 Å². The van der Waals surface area contributed by atoms with Crippen LogP contribution in [-0.2, 0) is 6.54 Å². The van der Waals surface area contributed by atoms with E-state index in [9.17, 15) is 19.7 Å². The van der Waals surface area contributed by atoms with Crippen molar-refractivity contribution in [2.24, 2.45) is 5.73 Å². The van der Waals surface area contributed by atoms with Crippen molar-refractivity contribution in [2.45, 2.75) is 6.54 Å². The number of primary amides is 1. The van der Waals surface area contributed by atoms with Gasteiger partial charge in [0.15, 0.2) is 0 Å². The molecule has 0 spiro atoms. The summed E-state index contributed by atoms with van der Waals surface area (Å²) in [4.78, 5) is 33.4. The van der Waals surface area contributed by atoms with E-state index in [1.165, 1.54) is 0 Å². The zero-order valence-electron chi connectivity index (χ0n) is 12.3. The molecule has 9 nitrogen and oxygen atoms in total. The molecule has 0 atom stereocenters. The SMILES string of the molecule is N#Cc1ccc(OCCn2cc([N+](=O)[O-])cc(C(N)=O)c2=O)cc1. The Labute approximate surface area is 135 Å². The number of nitrogens with zero attached hydrogens (tertiary/aromatic N) is 3. The number of rotatable bonds is 6. The Morgan fingerprint density at radius 2 is 2.04 bits per heavy atom. The van der Waals surface area contributed by atoms with Crippen molar-refractivity contribution in [1.82, 2.24) is 4.57 Å². The van der Waals surface area contributed by atoms with E-state index in [0.29, 0.717) is 11.3 Å². The first-order valence-corrected chi connectivity index (χ1v) is 6.74. The Morgan fingerprint density at radius 1 is 1.38 bits per heavy atom. The molecule has 122 valence electrons. The van der Waals surface area contributed by atoms with Crippen molar-refractivity contribution in [1.29, 1.82) is 5.26 Å². The molecule has 0 saturated heterocycles. The van der Waals surface area contributed by atoms with Crippen LogP contribution in [0.15, 0.2) is 41.3 Å². The lowest BCUT2D eigenvalue weighted by Crippen LogP contribution is -2.31. The minimum Gasteiger partial charge on any atom is -0.492 e. The molecule has 0 radical (unpaired) electrons. The van der Waals surface area contributed by atoms with Gasteiger partial charge in [-0.05, 0) is 24.3 Å². The van der Waals surface area contributed by atoms with Gasteiger partial charge in [-0.2, -0.15) is 5.26 Å². The van der Waals surface area contributed by atoms with Gasteiger partial charge in [0, 0.05) is 6.07 Å². The van der Waals surface area contributed by atoms with Crippen molar-refractivity contribution < 1.29 is 14.5 Å². The maximum absolute atomic E-state index is 12.1. The van der Waals surface area contributed by atoms with Crippen molar-refractivity contribution in [3.05, 3.63) is 68.1 Å². The number of nitriles is 1. The summed E-state index contributed by atoms with van der Waals surface area (Å²) >= 11 is 0. The third-order valence-corrected chi connectivity index (χ3v) is 3.13. The molecule has 2 aromatic rings. The smallest absolute Gasteiger partial charge is 0.286 e. The van der Waals surface area contributed by atoms with E-state index < -0.39 is 27.6 Å². The summed E-state index contributed by atoms with van der Waals surface area (Å²) < 4.78 is 6.41. The van der Waals surface area contributed by atoms with Gasteiger partial charge in [0.1, 0.15) is 17.9 Å². The predicted molar refractivity (Wildman–Crippen MR) is 82.5 cm³/mol. The number of ether oxygens (including phenoxy) is 1. The van der Waals surface area contributed by atoms with Gasteiger partial charge in [-0.3, -0.25) is 19.7 Å². The summed E-state index contributed by atoms with van der Waals surface area (Å²) in [5, 5.41) is 19.6. The second kappa shape index (κ2) is 7.06. The van der Waals surface area contributed by atoms with E-state index in [0.717, 1.165) is 16.8 Å². The molecule has 2 rings (SSSR count). The van der Waals surface area contributed by atoms with Crippen molar-refractivity contribution in [3.63, 3.8) is 0 Å². The van der Waals surface area contributed by atoms with E-state index in [4.69, 9.17) is 15.7 Å². The summed E-state index contributed by atoms with van der Waals surface area (Å²) in [6.07, 6.45) is 1.02. The van der Waals surface area contributed by atoms with Crippen LogP contribution in [0.1, 0.15) is 15.9 Å². The van der Waals surface area contributed by atoms with Crippen LogP contribution in [0.4, 0.5) is 5.69 Å². The van der Waals surface area contributed by atoms with Gasteiger partial charge in [0.05, 0.1) is 29.3 Å². The maximum atomic E-state index is 12.1. The highest BCUT2D eigenvalue weighted by Gasteiger charge is 2.17. The minimum absolute atomic E-state index is 0.0131. The number of hydrogen-bond acceptors (Lipinski definition) is 6. The number of carbonyl (C=O) groups excluding carboxylic acids is 1. The van der Waals surface area contributed by atoms with Gasteiger partial charge in [-0.15, -0.1) is 0 Å². The van der Waals surface area contributed by atoms with E-state index in [1.54, 1.807) is 24.3 Å². The molecule has 0 unspecified atom stereocenters. The van der Waals surface area contributed by atoms with Crippen LogP contribution < -0.4 is 16.0 Å². The van der Waals surface area contributed by atoms with E-state index in [1.807, 2.05) is 6.07 Å². The molecule has 1 heterocycles. The quantitative estimate of drug-likeness (QED) is 0.614. The number of benzene rings is 1. The van der Waals surface area contributed by atoms with Gasteiger partial charge in [0.25, 0.3) is 17.2 Å². The largest absolute Gasteiger partial charge is 0.492 e. The second-order valence-corrected chi connectivity index (χ2v) is 4.72. The van der Waals surface area contributed by atoms with Gasteiger partial charge >= 0.3 is 0 Å². The lowest BCUT2D eigenvalue weighted by atomic mass is 10.2. The first-order chi connectivity index (χ1) is 11.4. The number of hydrogen-bond donors (Lipinski definition) is 1. The summed E-state index contributed by atoms with van der Waals surface area (Å²) in [5.41, 5.74) is 3.95. The molecule has 0 fully saturated rings. The maximum Gasteiger partial charge on any atom is 0.286 e. The monoisotopic (exact) mass is 328 g/mol. The third-order valence-electron chi connectivity index (χ3n) is 3.13. The van der Waals surface area contributed by atoms with Crippen LogP contribution in [0, 0.1) is 21.4 Å². The average Bonchev–Trinajstić information content (AvgIpc) is 2.56. The van der Waals surface area contributed by atoms with Crippen LogP contribution in [0.3, 0.4) is 0 Å². The molecule has 24 heavy (non-hydrogen) atoms. The van der Waals surface area contributed by atoms with Crippen LogP contribution in [0.25, 0.3) is 0 Å². The number of pyridine rings is 1. The molecule has 1 aromatic heterocycles. The molecule has 0 bridgehead atoms. The van der Waals surface area contributed by atoms with E-state index in [2.05, 4.69) is 0 Å². The lowest BCUT2D eigenvalue weighted by molar-refractivity contribution is -0.385. The zero-order valence-corrected chi connectivity index (χ0v) is 12.3. The fourth-order valence-corrected chi connectivity index (χ4v) is 1.95. The Bertz CT molecular complexity index is 880. The van der Waals surface area contributed by atoms with Crippen LogP contribution in [-0.4, -0.2) is 22.0 Å². The number of aromatic nitrogens is 1. The predicted octanol–water partition coefficient (Wildman–Crippen LogP) is 0.806. The zero-order chi connectivity index (χ0) is 17.7. The van der Waals surface area contributed by atoms with Crippen LogP contribution in [0.5, 0.6) is 5.75 Å². The van der Waals surface area contributed by atoms with Gasteiger partial charge in [-0.25, -0.2) is 0 Å². The van der Waals surface area contributed by atoms with E-state index in [-0.39, 0.29) is 13.2 Å². The van der Waals surface area contributed by atoms with Crippen molar-refractivity contribution >= 4 is 11.6 Å². The normalized spacial score (nSPS) is 9.96. The summed E-state index contributed by atoms with van der Waals surface area (Å²) in [5.74, 6) is -0.562. The topological polar surface area (TPSA) is 141 Å². The van der Waals surface area contributed by atoms with Crippen molar-refractivity contribution in [2.75, 3.05) is 6.61 Å². The molecule has 0 aliphatic carbocycles. The molecule has 1 amide bonds. The highest BCUT2D eigenvalue weighted by Crippen LogP contribution is 2.12. The number of amides is 1. The molecule has 1 aromatic carbocycles. The standard InChI is InChI=1S/C15H12N4O5/c16-8-10-1-3-12(4-2-10)24-6-5-18-9-11(19(22)23)7-13(14(17)20)15(18)21/h1-4,7,9H,5-6H2,(H2,17,20). The number of nitro groups is 1. The molecule has 0 saturated carbocycles. The summed E-state index contributed by atoms with van der Waals surface area (Å²) in [6.45, 7) is 0.0198. The molecular weight excluding hydrogens is 316 g/mol. The summed E-state index contributed by atoms with van der Waals surface area (Å²) in [7, 11) is 0. The Morgan fingerprint density at radius 3 is 2.58 bits per heavy atom. The lowest BCUT2D eigenvalue weighted by Gasteiger charge is -2.09.